The SMILES string of the molecule is CCC1(Cn2c(CCCl)nc3cccc(C)c32)CCC1. The Labute approximate surface area is 126 Å². The molecule has 0 unspecified atom stereocenters. The fourth-order valence-electron chi connectivity index (χ4n) is 3.49. The molecule has 1 aromatic heterocycles. The summed E-state index contributed by atoms with van der Waals surface area (Å²) in [5, 5.41) is 0. The average molecular weight is 291 g/mol. The van der Waals surface area contributed by atoms with Gasteiger partial charge in [-0.1, -0.05) is 25.5 Å². The average Bonchev–Trinajstić information content (AvgIpc) is 2.73. The minimum Gasteiger partial charge on any atom is -0.327 e. The third-order valence-electron chi connectivity index (χ3n) is 5.02. The number of aryl methyl sites for hydroxylation is 2. The van der Waals surface area contributed by atoms with Crippen molar-refractivity contribution in [3.05, 3.63) is 29.6 Å². The van der Waals surface area contributed by atoms with E-state index in [4.69, 9.17) is 16.6 Å². The van der Waals surface area contributed by atoms with E-state index in [9.17, 15) is 0 Å². The van der Waals surface area contributed by atoms with Gasteiger partial charge < -0.3 is 4.57 Å². The summed E-state index contributed by atoms with van der Waals surface area (Å²) in [5.74, 6) is 1.80. The second-order valence-corrected chi connectivity index (χ2v) is 6.58. The van der Waals surface area contributed by atoms with Crippen molar-refractivity contribution in [2.75, 3.05) is 5.88 Å². The van der Waals surface area contributed by atoms with Gasteiger partial charge in [0, 0.05) is 18.8 Å². The first-order valence-corrected chi connectivity index (χ1v) is 8.23. The number of hydrogen-bond acceptors (Lipinski definition) is 1. The monoisotopic (exact) mass is 290 g/mol. The van der Waals surface area contributed by atoms with Gasteiger partial charge in [0.2, 0.25) is 0 Å². The van der Waals surface area contributed by atoms with Gasteiger partial charge in [-0.25, -0.2) is 4.98 Å². The maximum atomic E-state index is 5.98. The molecule has 1 saturated carbocycles. The van der Waals surface area contributed by atoms with E-state index >= 15 is 0 Å². The molecule has 0 amide bonds. The van der Waals surface area contributed by atoms with Gasteiger partial charge in [0.1, 0.15) is 5.82 Å². The summed E-state index contributed by atoms with van der Waals surface area (Å²) in [7, 11) is 0. The molecule has 1 fully saturated rings. The second-order valence-electron chi connectivity index (χ2n) is 6.20. The van der Waals surface area contributed by atoms with Crippen LogP contribution in [0.15, 0.2) is 18.2 Å². The minimum atomic E-state index is 0.497. The van der Waals surface area contributed by atoms with Crippen molar-refractivity contribution in [2.45, 2.75) is 52.5 Å². The van der Waals surface area contributed by atoms with Gasteiger partial charge in [-0.2, -0.15) is 0 Å². The van der Waals surface area contributed by atoms with Crippen LogP contribution in [0, 0.1) is 12.3 Å². The van der Waals surface area contributed by atoms with Crippen LogP contribution in [0.4, 0.5) is 0 Å². The Morgan fingerprint density at radius 1 is 1.35 bits per heavy atom. The van der Waals surface area contributed by atoms with E-state index in [2.05, 4.69) is 36.6 Å². The van der Waals surface area contributed by atoms with Gasteiger partial charge in [0.15, 0.2) is 0 Å². The van der Waals surface area contributed by atoms with Crippen LogP contribution < -0.4 is 0 Å². The lowest BCUT2D eigenvalue weighted by molar-refractivity contribution is 0.101. The predicted octanol–water partition coefficient (Wildman–Crippen LogP) is 4.71. The van der Waals surface area contributed by atoms with Crippen LogP contribution in [0.3, 0.4) is 0 Å². The quantitative estimate of drug-likeness (QED) is 0.730. The van der Waals surface area contributed by atoms with Crippen molar-refractivity contribution in [1.29, 1.82) is 0 Å². The van der Waals surface area contributed by atoms with Crippen molar-refractivity contribution >= 4 is 22.6 Å². The maximum Gasteiger partial charge on any atom is 0.111 e. The van der Waals surface area contributed by atoms with Gasteiger partial charge in [0.25, 0.3) is 0 Å². The summed E-state index contributed by atoms with van der Waals surface area (Å²) in [6, 6.07) is 6.40. The predicted molar refractivity (Wildman–Crippen MR) is 85.5 cm³/mol. The molecule has 108 valence electrons. The zero-order valence-electron chi connectivity index (χ0n) is 12.5. The molecule has 0 N–H and O–H groups in total. The number of alkyl halides is 1. The summed E-state index contributed by atoms with van der Waals surface area (Å²) in [5.41, 5.74) is 4.25. The molecule has 2 aromatic rings. The molecule has 0 radical (unpaired) electrons. The molecule has 0 bridgehead atoms. The molecule has 0 spiro atoms. The van der Waals surface area contributed by atoms with Gasteiger partial charge in [-0.05, 0) is 43.2 Å². The third-order valence-corrected chi connectivity index (χ3v) is 5.21. The van der Waals surface area contributed by atoms with E-state index in [1.165, 1.54) is 36.8 Å². The summed E-state index contributed by atoms with van der Waals surface area (Å²) >= 11 is 5.98. The molecule has 0 aliphatic heterocycles. The Hall–Kier alpha value is -1.02. The normalized spacial score (nSPS) is 17.4. The highest BCUT2D eigenvalue weighted by molar-refractivity contribution is 6.17. The van der Waals surface area contributed by atoms with Crippen LogP contribution >= 0.6 is 11.6 Å². The van der Waals surface area contributed by atoms with Crippen LogP contribution in [0.5, 0.6) is 0 Å². The van der Waals surface area contributed by atoms with Gasteiger partial charge in [-0.3, -0.25) is 0 Å². The molecular weight excluding hydrogens is 268 g/mol. The van der Waals surface area contributed by atoms with Crippen molar-refractivity contribution in [3.8, 4) is 0 Å². The maximum absolute atomic E-state index is 5.98. The molecule has 2 nitrogen and oxygen atoms in total. The number of imidazole rings is 1. The highest BCUT2D eigenvalue weighted by Gasteiger charge is 2.36. The first kappa shape index (κ1) is 13.9. The van der Waals surface area contributed by atoms with E-state index in [1.807, 2.05) is 0 Å². The number of aromatic nitrogens is 2. The Morgan fingerprint density at radius 3 is 2.75 bits per heavy atom. The molecule has 1 aliphatic rings. The largest absolute Gasteiger partial charge is 0.327 e. The summed E-state index contributed by atoms with van der Waals surface area (Å²) < 4.78 is 2.45. The van der Waals surface area contributed by atoms with Crippen LogP contribution in [0.1, 0.15) is 44.0 Å². The first-order chi connectivity index (χ1) is 9.69. The van der Waals surface area contributed by atoms with Gasteiger partial charge in [-0.15, -0.1) is 11.6 Å². The Bertz CT molecular complexity index is 605. The topological polar surface area (TPSA) is 17.8 Å². The molecule has 0 saturated heterocycles. The number of benzene rings is 1. The van der Waals surface area contributed by atoms with Crippen LogP contribution in [0.2, 0.25) is 0 Å². The first-order valence-electron chi connectivity index (χ1n) is 7.70. The highest BCUT2D eigenvalue weighted by Crippen LogP contribution is 2.46. The number of hydrogen-bond donors (Lipinski definition) is 0. The Balaban J connectivity index is 2.08. The summed E-state index contributed by atoms with van der Waals surface area (Å²) in [6.45, 7) is 5.62. The molecule has 1 aromatic carbocycles. The van der Waals surface area contributed by atoms with Crippen LogP contribution in [-0.2, 0) is 13.0 Å². The number of rotatable bonds is 5. The van der Waals surface area contributed by atoms with E-state index in [0.29, 0.717) is 11.3 Å². The van der Waals surface area contributed by atoms with Crippen LogP contribution in [0.25, 0.3) is 11.0 Å². The molecule has 1 heterocycles. The zero-order valence-corrected chi connectivity index (χ0v) is 13.2. The van der Waals surface area contributed by atoms with E-state index in [0.717, 1.165) is 24.3 Å². The Morgan fingerprint density at radius 2 is 2.15 bits per heavy atom. The smallest absolute Gasteiger partial charge is 0.111 e. The molecule has 0 atom stereocenters. The molecule has 1 aliphatic carbocycles. The van der Waals surface area contributed by atoms with Crippen molar-refractivity contribution in [3.63, 3.8) is 0 Å². The Kier molecular flexibility index (Phi) is 3.76. The number of halogens is 1. The molecule has 20 heavy (non-hydrogen) atoms. The lowest BCUT2D eigenvalue weighted by atomic mass is 9.67. The number of para-hydroxylation sites is 1. The van der Waals surface area contributed by atoms with Crippen molar-refractivity contribution in [2.24, 2.45) is 5.41 Å². The zero-order chi connectivity index (χ0) is 14.2. The highest BCUT2D eigenvalue weighted by atomic mass is 35.5. The summed E-state index contributed by atoms with van der Waals surface area (Å²) in [4.78, 5) is 4.82. The lowest BCUT2D eigenvalue weighted by Crippen LogP contribution is -2.34. The fourth-order valence-corrected chi connectivity index (χ4v) is 3.66. The van der Waals surface area contributed by atoms with Crippen molar-refractivity contribution < 1.29 is 0 Å². The second kappa shape index (κ2) is 5.40. The number of nitrogens with zero attached hydrogens (tertiary/aromatic N) is 2. The lowest BCUT2D eigenvalue weighted by Gasteiger charge is -2.42. The van der Waals surface area contributed by atoms with Gasteiger partial charge in [0.05, 0.1) is 11.0 Å². The van der Waals surface area contributed by atoms with E-state index < -0.39 is 0 Å². The fraction of sp³-hybridized carbons (Fsp3) is 0.588. The van der Waals surface area contributed by atoms with Gasteiger partial charge >= 0.3 is 0 Å². The standard InChI is InChI=1S/C17H23ClN2/c1-3-17(9-5-10-17)12-20-15(8-11-18)19-14-7-4-6-13(2)16(14)20/h4,6-7H,3,5,8-12H2,1-2H3. The van der Waals surface area contributed by atoms with E-state index in [1.54, 1.807) is 0 Å². The van der Waals surface area contributed by atoms with Crippen molar-refractivity contribution in [1.82, 2.24) is 9.55 Å². The third kappa shape index (κ3) is 2.24. The minimum absolute atomic E-state index is 0.497. The molecular formula is C17H23ClN2. The molecule has 3 heteroatoms. The summed E-state index contributed by atoms with van der Waals surface area (Å²) in [6.07, 6.45) is 6.21. The van der Waals surface area contributed by atoms with E-state index in [-0.39, 0.29) is 0 Å². The van der Waals surface area contributed by atoms with Crippen LogP contribution in [-0.4, -0.2) is 15.4 Å². The molecule has 3 rings (SSSR count). The number of fused-ring (bicyclic) bond motifs is 1.